The van der Waals surface area contributed by atoms with Crippen molar-refractivity contribution in [1.82, 2.24) is 4.98 Å². The minimum Gasteiger partial charge on any atom is -0.340 e. The van der Waals surface area contributed by atoms with Crippen molar-refractivity contribution in [2.45, 2.75) is 5.88 Å². The van der Waals surface area contributed by atoms with E-state index in [0.29, 0.717) is 10.9 Å². The largest absolute Gasteiger partial charge is 0.340 e. The second kappa shape index (κ2) is 5.19. The van der Waals surface area contributed by atoms with E-state index < -0.39 is 0 Å². The number of rotatable bonds is 3. The van der Waals surface area contributed by atoms with Gasteiger partial charge in [0.2, 0.25) is 0 Å². The van der Waals surface area contributed by atoms with Crippen LogP contribution in [0.1, 0.15) is 5.56 Å². The molecule has 0 amide bonds. The minimum atomic E-state index is 0.504. The molecule has 0 saturated heterocycles. The molecule has 0 radical (unpaired) electrons. The molecule has 2 nitrogen and oxygen atoms in total. The van der Waals surface area contributed by atoms with Gasteiger partial charge < -0.3 is 5.32 Å². The van der Waals surface area contributed by atoms with Gasteiger partial charge in [0, 0.05) is 17.8 Å². The van der Waals surface area contributed by atoms with Gasteiger partial charge >= 0.3 is 0 Å². The van der Waals surface area contributed by atoms with Gasteiger partial charge in [-0.1, -0.05) is 23.7 Å². The summed E-state index contributed by atoms with van der Waals surface area (Å²) in [6.45, 7) is 0. The fourth-order valence-electron chi connectivity index (χ4n) is 1.33. The average molecular weight is 253 g/mol. The molecule has 0 saturated carbocycles. The molecule has 0 fully saturated rings. The number of nitrogens with one attached hydrogen (secondary N) is 1. The molecule has 0 aliphatic rings. The van der Waals surface area contributed by atoms with Crippen LogP contribution in [-0.4, -0.2) is 4.98 Å². The summed E-state index contributed by atoms with van der Waals surface area (Å²) in [5, 5.41) is 3.80. The smallest absolute Gasteiger partial charge is 0.130 e. The molecule has 2 rings (SSSR count). The summed E-state index contributed by atoms with van der Waals surface area (Å²) in [6, 6.07) is 11.5. The van der Waals surface area contributed by atoms with Crippen molar-refractivity contribution in [3.63, 3.8) is 0 Å². The van der Waals surface area contributed by atoms with Gasteiger partial charge in [-0.2, -0.15) is 0 Å². The summed E-state index contributed by atoms with van der Waals surface area (Å²) in [5.74, 6) is 1.26. The predicted octanol–water partition coefficient (Wildman–Crippen LogP) is 4.22. The van der Waals surface area contributed by atoms with Gasteiger partial charge in [-0.05, 0) is 29.8 Å². The molecule has 1 aromatic carbocycles. The molecule has 1 N–H and O–H groups in total. The maximum Gasteiger partial charge on any atom is 0.130 e. The summed E-state index contributed by atoms with van der Waals surface area (Å²) >= 11 is 11.5. The predicted molar refractivity (Wildman–Crippen MR) is 68.5 cm³/mol. The zero-order valence-electron chi connectivity index (χ0n) is 8.45. The van der Waals surface area contributed by atoms with E-state index in [9.17, 15) is 0 Å². The van der Waals surface area contributed by atoms with Crippen molar-refractivity contribution < 1.29 is 0 Å². The lowest BCUT2D eigenvalue weighted by molar-refractivity contribution is 1.30. The Hall–Kier alpha value is -1.25. The Bertz CT molecular complexity index is 469. The van der Waals surface area contributed by atoms with Crippen LogP contribution >= 0.6 is 23.2 Å². The maximum atomic E-state index is 5.76. The molecule has 0 aliphatic carbocycles. The highest BCUT2D eigenvalue weighted by Crippen LogP contribution is 2.18. The van der Waals surface area contributed by atoms with Crippen LogP contribution < -0.4 is 5.32 Å². The summed E-state index contributed by atoms with van der Waals surface area (Å²) < 4.78 is 0. The molecule has 0 bridgehead atoms. The van der Waals surface area contributed by atoms with Crippen LogP contribution in [0.4, 0.5) is 11.5 Å². The Balaban J connectivity index is 2.16. The molecule has 1 aromatic heterocycles. The summed E-state index contributed by atoms with van der Waals surface area (Å²) in [4.78, 5) is 4.15. The second-order valence-corrected chi connectivity index (χ2v) is 4.02. The first-order chi connectivity index (χ1) is 7.78. The summed E-state index contributed by atoms with van der Waals surface area (Å²) in [6.07, 6.45) is 1.61. The standard InChI is InChI=1S/C12H10Cl2N2/c13-7-9-2-1-3-11(6-9)16-12-5-4-10(14)8-15-12/h1-6,8H,7H2,(H,15,16). The number of nitrogens with zero attached hydrogens (tertiary/aromatic N) is 1. The van der Waals surface area contributed by atoms with Gasteiger partial charge in [0.1, 0.15) is 5.82 Å². The third kappa shape index (κ3) is 2.87. The average Bonchev–Trinajstić information content (AvgIpc) is 2.32. The van der Waals surface area contributed by atoms with E-state index >= 15 is 0 Å². The third-order valence-electron chi connectivity index (χ3n) is 2.08. The number of benzene rings is 1. The fourth-order valence-corrected chi connectivity index (χ4v) is 1.61. The van der Waals surface area contributed by atoms with Gasteiger partial charge in [-0.15, -0.1) is 11.6 Å². The number of hydrogen-bond donors (Lipinski definition) is 1. The molecule has 1 heterocycles. The first-order valence-electron chi connectivity index (χ1n) is 4.81. The zero-order chi connectivity index (χ0) is 11.4. The van der Waals surface area contributed by atoms with Gasteiger partial charge in [0.05, 0.1) is 5.02 Å². The van der Waals surface area contributed by atoms with E-state index in [-0.39, 0.29) is 0 Å². The van der Waals surface area contributed by atoms with Gasteiger partial charge in [0.25, 0.3) is 0 Å². The lowest BCUT2D eigenvalue weighted by Crippen LogP contribution is -1.93. The SMILES string of the molecule is ClCc1cccc(Nc2ccc(Cl)cn2)c1. The van der Waals surface area contributed by atoms with Crippen molar-refractivity contribution in [3.05, 3.63) is 53.2 Å². The highest BCUT2D eigenvalue weighted by Gasteiger charge is 1.97. The van der Waals surface area contributed by atoms with Crippen molar-refractivity contribution in [2.24, 2.45) is 0 Å². The van der Waals surface area contributed by atoms with Crippen molar-refractivity contribution in [2.75, 3.05) is 5.32 Å². The number of alkyl halides is 1. The fraction of sp³-hybridized carbons (Fsp3) is 0.0833. The Labute approximate surface area is 104 Å². The monoisotopic (exact) mass is 252 g/mol. The van der Waals surface area contributed by atoms with Crippen LogP contribution in [-0.2, 0) is 5.88 Å². The van der Waals surface area contributed by atoms with E-state index in [4.69, 9.17) is 23.2 Å². The van der Waals surface area contributed by atoms with E-state index in [1.54, 1.807) is 12.3 Å². The molecule has 16 heavy (non-hydrogen) atoms. The number of hydrogen-bond acceptors (Lipinski definition) is 2. The van der Waals surface area contributed by atoms with E-state index in [2.05, 4.69) is 10.3 Å². The zero-order valence-corrected chi connectivity index (χ0v) is 9.96. The molecular weight excluding hydrogens is 243 g/mol. The number of aromatic nitrogens is 1. The van der Waals surface area contributed by atoms with E-state index in [0.717, 1.165) is 17.1 Å². The highest BCUT2D eigenvalue weighted by molar-refractivity contribution is 6.30. The molecular formula is C12H10Cl2N2. The number of anilines is 2. The Morgan fingerprint density at radius 2 is 2.06 bits per heavy atom. The van der Waals surface area contributed by atoms with Gasteiger partial charge in [-0.25, -0.2) is 4.98 Å². The normalized spacial score (nSPS) is 10.1. The van der Waals surface area contributed by atoms with Crippen LogP contribution in [0.5, 0.6) is 0 Å². The van der Waals surface area contributed by atoms with Crippen LogP contribution in [0.3, 0.4) is 0 Å². The van der Waals surface area contributed by atoms with Crippen LogP contribution in [0, 0.1) is 0 Å². The van der Waals surface area contributed by atoms with E-state index in [1.807, 2.05) is 30.3 Å². The number of halogens is 2. The molecule has 2 aromatic rings. The third-order valence-corrected chi connectivity index (χ3v) is 2.61. The lowest BCUT2D eigenvalue weighted by atomic mass is 10.2. The van der Waals surface area contributed by atoms with Gasteiger partial charge in [-0.3, -0.25) is 0 Å². The molecule has 0 spiro atoms. The Kier molecular flexibility index (Phi) is 3.65. The first-order valence-corrected chi connectivity index (χ1v) is 5.72. The second-order valence-electron chi connectivity index (χ2n) is 3.32. The number of pyridine rings is 1. The van der Waals surface area contributed by atoms with Crippen LogP contribution in [0.25, 0.3) is 0 Å². The Morgan fingerprint density at radius 3 is 2.75 bits per heavy atom. The summed E-state index contributed by atoms with van der Waals surface area (Å²) in [5.41, 5.74) is 2.04. The molecule has 0 atom stereocenters. The Morgan fingerprint density at radius 1 is 1.19 bits per heavy atom. The first kappa shape index (κ1) is 11.2. The molecule has 0 unspecified atom stereocenters. The maximum absolute atomic E-state index is 5.76. The van der Waals surface area contributed by atoms with Crippen molar-refractivity contribution >= 4 is 34.7 Å². The molecule has 82 valence electrons. The van der Waals surface area contributed by atoms with E-state index in [1.165, 1.54) is 0 Å². The summed E-state index contributed by atoms with van der Waals surface area (Å²) in [7, 11) is 0. The lowest BCUT2D eigenvalue weighted by Gasteiger charge is -2.06. The van der Waals surface area contributed by atoms with Crippen LogP contribution in [0.2, 0.25) is 5.02 Å². The molecule has 0 aliphatic heterocycles. The van der Waals surface area contributed by atoms with Crippen LogP contribution in [0.15, 0.2) is 42.6 Å². The highest BCUT2D eigenvalue weighted by atomic mass is 35.5. The van der Waals surface area contributed by atoms with Crippen molar-refractivity contribution in [1.29, 1.82) is 0 Å². The van der Waals surface area contributed by atoms with Crippen molar-refractivity contribution in [3.8, 4) is 0 Å². The molecule has 4 heteroatoms. The topological polar surface area (TPSA) is 24.9 Å². The minimum absolute atomic E-state index is 0.504. The van der Waals surface area contributed by atoms with Gasteiger partial charge in [0.15, 0.2) is 0 Å². The quantitative estimate of drug-likeness (QED) is 0.828.